The van der Waals surface area contributed by atoms with E-state index in [1.807, 2.05) is 0 Å². The van der Waals surface area contributed by atoms with E-state index in [0.29, 0.717) is 5.69 Å². The first-order valence-corrected chi connectivity index (χ1v) is 11.1. The van der Waals surface area contributed by atoms with Gasteiger partial charge in [-0.05, 0) is 45.2 Å². The second kappa shape index (κ2) is 8.36. The highest BCUT2D eigenvalue weighted by Crippen LogP contribution is 2.59. The monoisotopic (exact) mass is 484 g/mol. The number of aliphatic hydroxyl groups excluding tert-OH is 1. The zero-order valence-electron chi connectivity index (χ0n) is 19.6. The summed E-state index contributed by atoms with van der Waals surface area (Å²) in [7, 11) is 1.59. The Morgan fingerprint density at radius 2 is 1.63 bits per heavy atom. The third-order valence-electron chi connectivity index (χ3n) is 7.80. The van der Waals surface area contributed by atoms with E-state index in [4.69, 9.17) is 0 Å². The number of piperidine rings is 1. The second-order valence-corrected chi connectivity index (χ2v) is 9.73. The molecule has 11 nitrogen and oxygen atoms in total. The van der Waals surface area contributed by atoms with Gasteiger partial charge in [0.25, 0.3) is 0 Å². The zero-order valence-corrected chi connectivity index (χ0v) is 19.6. The Labute approximate surface area is 201 Å². The van der Waals surface area contributed by atoms with E-state index in [1.165, 1.54) is 31.1 Å². The van der Waals surface area contributed by atoms with Crippen molar-refractivity contribution in [1.29, 1.82) is 0 Å². The van der Waals surface area contributed by atoms with Crippen LogP contribution in [0.4, 0.5) is 0 Å². The lowest BCUT2D eigenvalue weighted by atomic mass is 9.60. The van der Waals surface area contributed by atoms with Crippen LogP contribution < -0.4 is 0 Å². The lowest BCUT2D eigenvalue weighted by Crippen LogP contribution is -2.70. The summed E-state index contributed by atoms with van der Waals surface area (Å²) in [5, 5.41) is 42.8. The molecule has 11 heteroatoms. The molecule has 186 valence electrons. The van der Waals surface area contributed by atoms with Gasteiger partial charge in [-0.15, -0.1) is 0 Å². The molecule has 2 aromatic rings. The number of nitrogens with zero attached hydrogens (tertiary/aromatic N) is 4. The van der Waals surface area contributed by atoms with Crippen molar-refractivity contribution in [2.45, 2.75) is 37.1 Å². The number of hydrogen-bond acceptors (Lipinski definition) is 8. The van der Waals surface area contributed by atoms with E-state index < -0.39 is 59.0 Å². The van der Waals surface area contributed by atoms with E-state index >= 15 is 0 Å². The number of aromatic nitrogens is 2. The SMILES string of the molecule is CN1[C@H](c2ccccn2)C2(C(=O)O)CN(C(C)(C)C(=O)O)CC1(c1ccccn1)C(C(=O)O)[C@@H]2O. The van der Waals surface area contributed by atoms with Crippen LogP contribution >= 0.6 is 0 Å². The number of carbonyl (C=O) groups is 3. The molecule has 2 bridgehead atoms. The van der Waals surface area contributed by atoms with Crippen molar-refractivity contribution in [2.24, 2.45) is 11.3 Å². The van der Waals surface area contributed by atoms with Gasteiger partial charge in [-0.1, -0.05) is 12.1 Å². The molecule has 5 atom stereocenters. The largest absolute Gasteiger partial charge is 0.481 e. The van der Waals surface area contributed by atoms with Crippen LogP contribution in [0.25, 0.3) is 0 Å². The fraction of sp³-hybridized carbons (Fsp3) is 0.458. The first kappa shape index (κ1) is 24.7. The molecule has 4 N–H and O–H groups in total. The molecular formula is C24H28N4O7. The molecule has 3 aliphatic rings. The Hall–Kier alpha value is -3.41. The van der Waals surface area contributed by atoms with E-state index in [2.05, 4.69) is 9.97 Å². The summed E-state index contributed by atoms with van der Waals surface area (Å²) in [5.74, 6) is -5.70. The smallest absolute Gasteiger partial charge is 0.323 e. The van der Waals surface area contributed by atoms with E-state index in [9.17, 15) is 34.8 Å². The molecule has 5 rings (SSSR count). The molecule has 0 spiro atoms. The van der Waals surface area contributed by atoms with Crippen molar-refractivity contribution in [3.63, 3.8) is 0 Å². The van der Waals surface area contributed by atoms with Gasteiger partial charge in [-0.2, -0.15) is 0 Å². The fourth-order valence-corrected chi connectivity index (χ4v) is 5.79. The number of likely N-dealkylation sites (N-methyl/N-ethyl adjacent to an activating group) is 1. The topological polar surface area (TPSA) is 164 Å². The molecule has 3 fully saturated rings. The summed E-state index contributed by atoms with van der Waals surface area (Å²) in [6.07, 6.45) is 1.08. The van der Waals surface area contributed by atoms with Crippen LogP contribution in [-0.4, -0.2) is 89.9 Å². The van der Waals surface area contributed by atoms with Crippen molar-refractivity contribution < 1.29 is 34.8 Å². The van der Waals surface area contributed by atoms with Gasteiger partial charge in [0.2, 0.25) is 0 Å². The van der Waals surface area contributed by atoms with Gasteiger partial charge in [0.1, 0.15) is 16.9 Å². The number of rotatable bonds is 6. The van der Waals surface area contributed by atoms with Crippen molar-refractivity contribution in [1.82, 2.24) is 19.8 Å². The molecular weight excluding hydrogens is 456 g/mol. The molecule has 3 aliphatic heterocycles. The predicted octanol–water partition coefficient (Wildman–Crippen LogP) is 0.670. The predicted molar refractivity (Wildman–Crippen MR) is 121 cm³/mol. The Morgan fingerprint density at radius 1 is 1.00 bits per heavy atom. The van der Waals surface area contributed by atoms with Crippen LogP contribution in [0.1, 0.15) is 31.3 Å². The third kappa shape index (κ3) is 3.33. The van der Waals surface area contributed by atoms with Gasteiger partial charge in [-0.25, -0.2) is 0 Å². The molecule has 35 heavy (non-hydrogen) atoms. The number of hydrogen-bond donors (Lipinski definition) is 4. The summed E-state index contributed by atoms with van der Waals surface area (Å²) in [6.45, 7) is 2.23. The zero-order chi connectivity index (χ0) is 25.8. The Balaban J connectivity index is 2.13. The minimum atomic E-state index is -2.12. The average Bonchev–Trinajstić information content (AvgIpc) is 3.02. The van der Waals surface area contributed by atoms with Gasteiger partial charge in [-0.3, -0.25) is 34.2 Å². The van der Waals surface area contributed by atoms with Gasteiger partial charge >= 0.3 is 17.9 Å². The Bertz CT molecular complexity index is 1150. The van der Waals surface area contributed by atoms with Gasteiger partial charge < -0.3 is 20.4 Å². The molecule has 0 aromatic carbocycles. The maximum Gasteiger partial charge on any atom is 0.323 e. The number of carboxylic acids is 3. The average molecular weight is 485 g/mol. The Morgan fingerprint density at radius 3 is 2.11 bits per heavy atom. The molecule has 0 amide bonds. The lowest BCUT2D eigenvalue weighted by Gasteiger charge is -2.57. The molecule has 0 aliphatic carbocycles. The highest BCUT2D eigenvalue weighted by molar-refractivity contribution is 5.83. The fourth-order valence-electron chi connectivity index (χ4n) is 5.79. The van der Waals surface area contributed by atoms with E-state index in [-0.39, 0.29) is 12.2 Å². The van der Waals surface area contributed by atoms with Gasteiger partial charge in [0.15, 0.2) is 0 Å². The quantitative estimate of drug-likeness (QED) is 0.455. The molecule has 0 radical (unpaired) electrons. The molecule has 5 heterocycles. The summed E-state index contributed by atoms with van der Waals surface area (Å²) in [6, 6.07) is 8.80. The standard InChI is InChI=1S/C24H28N4O7/c1-22(2,20(32)33)28-12-23(21(34)35)17(14-8-4-6-10-25-14)27(3)24(13-28,15-9-5-7-11-26-15)16(18(23)29)19(30)31/h4-11,16-18,29H,12-13H2,1-3H3,(H,30,31)(H,32,33)(H,34,35)/t16?,17-,18+,23?,24?/m1/s1. The summed E-state index contributed by atoms with van der Waals surface area (Å²) < 4.78 is 0. The van der Waals surface area contributed by atoms with Gasteiger partial charge in [0.05, 0.1) is 29.1 Å². The summed E-state index contributed by atoms with van der Waals surface area (Å²) >= 11 is 0. The minimum absolute atomic E-state index is 0.202. The number of carboxylic acid groups (broad SMARTS) is 3. The normalized spacial score (nSPS) is 31.6. The summed E-state index contributed by atoms with van der Waals surface area (Å²) in [5.41, 5.74) is -4.70. The van der Waals surface area contributed by atoms with Crippen LogP contribution in [0.5, 0.6) is 0 Å². The first-order valence-electron chi connectivity index (χ1n) is 11.1. The third-order valence-corrected chi connectivity index (χ3v) is 7.80. The number of pyridine rings is 2. The van der Waals surface area contributed by atoms with Gasteiger partial charge in [0, 0.05) is 25.5 Å². The van der Waals surface area contributed by atoms with E-state index in [0.717, 1.165) is 0 Å². The van der Waals surface area contributed by atoms with E-state index in [1.54, 1.807) is 48.3 Å². The van der Waals surface area contributed by atoms with Crippen LogP contribution in [0.3, 0.4) is 0 Å². The molecule has 0 saturated carbocycles. The van der Waals surface area contributed by atoms with Crippen molar-refractivity contribution >= 4 is 17.9 Å². The van der Waals surface area contributed by atoms with Crippen LogP contribution in [0.2, 0.25) is 0 Å². The van der Waals surface area contributed by atoms with Crippen molar-refractivity contribution in [2.75, 3.05) is 20.1 Å². The Kier molecular flexibility index (Phi) is 5.90. The highest BCUT2D eigenvalue weighted by atomic mass is 16.4. The van der Waals surface area contributed by atoms with Crippen LogP contribution in [0, 0.1) is 11.3 Å². The number of aliphatic hydroxyl groups is 1. The number of fused-ring (bicyclic) bond motifs is 4. The van der Waals surface area contributed by atoms with Crippen LogP contribution in [0.15, 0.2) is 48.8 Å². The van der Waals surface area contributed by atoms with Crippen molar-refractivity contribution in [3.05, 3.63) is 60.2 Å². The lowest BCUT2D eigenvalue weighted by molar-refractivity contribution is -0.204. The number of aliphatic carboxylic acids is 3. The highest BCUT2D eigenvalue weighted by Gasteiger charge is 2.73. The molecule has 3 saturated heterocycles. The summed E-state index contributed by atoms with van der Waals surface area (Å²) in [4.78, 5) is 50.0. The molecule has 2 aromatic heterocycles. The molecule has 3 unspecified atom stereocenters. The van der Waals surface area contributed by atoms with Crippen LogP contribution in [-0.2, 0) is 19.9 Å². The maximum atomic E-state index is 13.1. The first-order chi connectivity index (χ1) is 16.4. The van der Waals surface area contributed by atoms with Crippen molar-refractivity contribution in [3.8, 4) is 0 Å². The minimum Gasteiger partial charge on any atom is -0.481 e. The maximum absolute atomic E-state index is 13.1. The second-order valence-electron chi connectivity index (χ2n) is 9.73.